The van der Waals surface area contributed by atoms with Crippen molar-refractivity contribution in [1.29, 1.82) is 0 Å². The number of nitrogens with one attached hydrogen (secondary N) is 1. The third-order valence-corrected chi connectivity index (χ3v) is 5.86. The number of nitrogens with zero attached hydrogens (tertiary/aromatic N) is 2. The maximum absolute atomic E-state index is 12.0. The smallest absolute Gasteiger partial charge is 0.258 e. The largest absolute Gasteiger partial charge is 0.353 e. The Kier molecular flexibility index (Phi) is 5.38. The minimum atomic E-state index is -0.0625. The molecule has 0 spiro atoms. The van der Waals surface area contributed by atoms with Crippen LogP contribution in [0.4, 0.5) is 0 Å². The van der Waals surface area contributed by atoms with E-state index >= 15 is 0 Å². The molecule has 124 valence electrons. The van der Waals surface area contributed by atoms with Gasteiger partial charge in [-0.05, 0) is 18.8 Å². The van der Waals surface area contributed by atoms with Crippen LogP contribution in [-0.4, -0.2) is 27.1 Å². The highest BCUT2D eigenvalue weighted by Crippen LogP contribution is 2.23. The number of fused-ring (bicyclic) bond motifs is 1. The van der Waals surface area contributed by atoms with Crippen molar-refractivity contribution in [3.05, 3.63) is 33.7 Å². The van der Waals surface area contributed by atoms with Crippen LogP contribution in [0.3, 0.4) is 0 Å². The molecule has 0 aromatic carbocycles. The number of carbonyl (C=O) groups excluding carboxylic acids is 1. The highest BCUT2D eigenvalue weighted by atomic mass is 32.2. The van der Waals surface area contributed by atoms with E-state index in [2.05, 4.69) is 17.2 Å². The first-order valence-electron chi connectivity index (χ1n) is 7.94. The second-order valence-electron chi connectivity index (χ2n) is 6.17. The van der Waals surface area contributed by atoms with Gasteiger partial charge < -0.3 is 5.32 Å². The molecule has 1 saturated carbocycles. The number of thiazole rings is 1. The molecule has 1 aliphatic rings. The molecular formula is C16H21N3O2S2. The molecule has 1 fully saturated rings. The maximum atomic E-state index is 12.0. The van der Waals surface area contributed by atoms with Crippen molar-refractivity contribution in [2.24, 2.45) is 5.92 Å². The van der Waals surface area contributed by atoms with Crippen molar-refractivity contribution in [2.45, 2.75) is 44.4 Å². The van der Waals surface area contributed by atoms with Crippen LogP contribution in [0.5, 0.6) is 0 Å². The topological polar surface area (TPSA) is 63.5 Å². The number of rotatable bonds is 5. The van der Waals surface area contributed by atoms with Crippen LogP contribution in [0, 0.1) is 5.92 Å². The molecule has 0 aliphatic heterocycles. The Balaban J connectivity index is 1.48. The predicted molar refractivity (Wildman–Crippen MR) is 95.1 cm³/mol. The van der Waals surface area contributed by atoms with Crippen LogP contribution in [0.15, 0.2) is 22.4 Å². The fraction of sp³-hybridized carbons (Fsp3) is 0.562. The lowest BCUT2D eigenvalue weighted by Crippen LogP contribution is -2.38. The Labute approximate surface area is 143 Å². The van der Waals surface area contributed by atoms with E-state index in [9.17, 15) is 9.59 Å². The summed E-state index contributed by atoms with van der Waals surface area (Å²) in [4.78, 5) is 29.1. The van der Waals surface area contributed by atoms with E-state index in [1.807, 2.05) is 5.38 Å². The van der Waals surface area contributed by atoms with E-state index in [1.54, 1.807) is 12.3 Å². The van der Waals surface area contributed by atoms with Gasteiger partial charge in [0.1, 0.15) is 0 Å². The molecule has 2 unspecified atom stereocenters. The number of amides is 1. The van der Waals surface area contributed by atoms with Crippen molar-refractivity contribution in [1.82, 2.24) is 14.7 Å². The molecular weight excluding hydrogens is 330 g/mol. The third kappa shape index (κ3) is 4.35. The zero-order valence-electron chi connectivity index (χ0n) is 13.2. The molecule has 2 aromatic rings. The van der Waals surface area contributed by atoms with Crippen molar-refractivity contribution >= 4 is 34.0 Å². The summed E-state index contributed by atoms with van der Waals surface area (Å²) in [7, 11) is 0. The van der Waals surface area contributed by atoms with Gasteiger partial charge in [-0.3, -0.25) is 14.0 Å². The van der Waals surface area contributed by atoms with Gasteiger partial charge in [0.05, 0.1) is 11.4 Å². The van der Waals surface area contributed by atoms with Crippen LogP contribution >= 0.6 is 23.1 Å². The van der Waals surface area contributed by atoms with Crippen molar-refractivity contribution in [3.63, 3.8) is 0 Å². The summed E-state index contributed by atoms with van der Waals surface area (Å²) in [5, 5.41) is 4.97. The molecule has 0 radical (unpaired) electrons. The maximum Gasteiger partial charge on any atom is 0.258 e. The monoisotopic (exact) mass is 351 g/mol. The Hall–Kier alpha value is -1.34. The van der Waals surface area contributed by atoms with Gasteiger partial charge in [-0.1, -0.05) is 19.8 Å². The van der Waals surface area contributed by atoms with E-state index < -0.39 is 0 Å². The first-order chi connectivity index (χ1) is 11.1. The van der Waals surface area contributed by atoms with Gasteiger partial charge in [0, 0.05) is 29.4 Å². The van der Waals surface area contributed by atoms with Crippen LogP contribution in [0.1, 0.15) is 38.3 Å². The fourth-order valence-electron chi connectivity index (χ4n) is 3.04. The van der Waals surface area contributed by atoms with Gasteiger partial charge in [0.25, 0.3) is 5.56 Å². The molecule has 23 heavy (non-hydrogen) atoms. The van der Waals surface area contributed by atoms with Crippen molar-refractivity contribution < 1.29 is 4.79 Å². The minimum Gasteiger partial charge on any atom is -0.353 e. The van der Waals surface area contributed by atoms with Crippen molar-refractivity contribution in [2.75, 3.05) is 5.75 Å². The molecule has 7 heteroatoms. The lowest BCUT2D eigenvalue weighted by molar-refractivity contribution is -0.119. The Morgan fingerprint density at radius 2 is 2.39 bits per heavy atom. The van der Waals surface area contributed by atoms with Gasteiger partial charge in [-0.15, -0.1) is 23.1 Å². The summed E-state index contributed by atoms with van der Waals surface area (Å²) in [6.07, 6.45) is 6.38. The van der Waals surface area contributed by atoms with E-state index in [1.165, 1.54) is 40.3 Å². The van der Waals surface area contributed by atoms with Gasteiger partial charge in [-0.25, -0.2) is 4.98 Å². The normalized spacial score (nSPS) is 21.4. The zero-order valence-corrected chi connectivity index (χ0v) is 14.8. The quantitative estimate of drug-likeness (QED) is 0.899. The average Bonchev–Trinajstić information content (AvgIpc) is 2.96. The number of hydrogen-bond donors (Lipinski definition) is 1. The molecule has 2 aromatic heterocycles. The highest BCUT2D eigenvalue weighted by molar-refractivity contribution is 7.99. The predicted octanol–water partition coefficient (Wildman–Crippen LogP) is 2.68. The summed E-state index contributed by atoms with van der Waals surface area (Å²) in [5.74, 6) is 1.79. The van der Waals surface area contributed by atoms with Gasteiger partial charge >= 0.3 is 0 Å². The summed E-state index contributed by atoms with van der Waals surface area (Å²) in [5.41, 5.74) is 0.675. The Morgan fingerprint density at radius 1 is 1.52 bits per heavy atom. The van der Waals surface area contributed by atoms with E-state index in [-0.39, 0.29) is 11.5 Å². The molecule has 5 nitrogen and oxygen atoms in total. The minimum absolute atomic E-state index is 0.0625. The molecule has 1 aliphatic carbocycles. The van der Waals surface area contributed by atoms with Crippen LogP contribution in [0.25, 0.3) is 4.96 Å². The highest BCUT2D eigenvalue weighted by Gasteiger charge is 2.20. The summed E-state index contributed by atoms with van der Waals surface area (Å²) >= 11 is 2.95. The average molecular weight is 351 g/mol. The van der Waals surface area contributed by atoms with Crippen LogP contribution in [0.2, 0.25) is 0 Å². The van der Waals surface area contributed by atoms with Crippen LogP contribution in [-0.2, 0) is 10.5 Å². The second-order valence-corrected chi connectivity index (χ2v) is 8.03. The summed E-state index contributed by atoms with van der Waals surface area (Å²) in [6.45, 7) is 2.25. The zero-order chi connectivity index (χ0) is 16.2. The van der Waals surface area contributed by atoms with E-state index in [4.69, 9.17) is 0 Å². The third-order valence-electron chi connectivity index (χ3n) is 4.14. The molecule has 3 rings (SSSR count). The van der Waals surface area contributed by atoms with Crippen LogP contribution < -0.4 is 10.9 Å². The number of aromatic nitrogens is 2. The SMILES string of the molecule is CC1CCCC(NC(=O)CSCc2cc(=O)n3ccsc3n2)C1. The Bertz CT molecular complexity index is 740. The number of carbonyl (C=O) groups is 1. The molecule has 2 atom stereocenters. The molecule has 0 saturated heterocycles. The van der Waals surface area contributed by atoms with Gasteiger partial charge in [-0.2, -0.15) is 0 Å². The first-order valence-corrected chi connectivity index (χ1v) is 9.98. The summed E-state index contributed by atoms with van der Waals surface area (Å²) in [6, 6.07) is 1.88. The fourth-order valence-corrected chi connectivity index (χ4v) is 4.51. The standard InChI is InChI=1S/C16H21N3O2S2/c1-11-3-2-4-12(7-11)17-14(20)10-22-9-13-8-15(21)19-5-6-23-16(19)18-13/h5-6,8,11-12H,2-4,7,9-10H2,1H3,(H,17,20). The first kappa shape index (κ1) is 16.5. The lowest BCUT2D eigenvalue weighted by atomic mass is 9.87. The second kappa shape index (κ2) is 7.49. The summed E-state index contributed by atoms with van der Waals surface area (Å²) < 4.78 is 1.54. The van der Waals surface area contributed by atoms with Gasteiger partial charge in [0.15, 0.2) is 4.96 Å². The molecule has 2 heterocycles. The molecule has 0 bridgehead atoms. The lowest BCUT2D eigenvalue weighted by Gasteiger charge is -2.27. The number of thioether (sulfide) groups is 1. The van der Waals surface area contributed by atoms with E-state index in [0.29, 0.717) is 28.4 Å². The number of hydrogen-bond acceptors (Lipinski definition) is 5. The van der Waals surface area contributed by atoms with Crippen molar-refractivity contribution in [3.8, 4) is 0 Å². The Morgan fingerprint density at radius 3 is 3.22 bits per heavy atom. The van der Waals surface area contributed by atoms with E-state index in [0.717, 1.165) is 18.5 Å². The van der Waals surface area contributed by atoms with Gasteiger partial charge in [0.2, 0.25) is 5.91 Å². The molecule has 1 N–H and O–H groups in total. The molecule has 1 amide bonds.